The van der Waals surface area contributed by atoms with Gasteiger partial charge in [-0.2, -0.15) is 0 Å². The van der Waals surface area contributed by atoms with Crippen LogP contribution in [0.2, 0.25) is 0 Å². The lowest BCUT2D eigenvalue weighted by molar-refractivity contribution is 0.178. The molecule has 0 fully saturated rings. The van der Waals surface area contributed by atoms with Crippen molar-refractivity contribution in [3.8, 4) is 0 Å². The molecular weight excluding hydrogens is 307 g/mol. The molecule has 0 radical (unpaired) electrons. The van der Waals surface area contributed by atoms with Crippen LogP contribution in [0, 0.1) is 19.7 Å². The van der Waals surface area contributed by atoms with E-state index in [4.69, 9.17) is 0 Å². The topological polar surface area (TPSA) is 20.2 Å². The lowest BCUT2D eigenvalue weighted by atomic mass is 9.98. The van der Waals surface area contributed by atoms with E-state index in [1.165, 1.54) is 11.6 Å². The van der Waals surface area contributed by atoms with Crippen molar-refractivity contribution in [3.05, 3.63) is 68.9 Å². The normalized spacial score (nSPS) is 12.5. The Morgan fingerprint density at radius 2 is 1.89 bits per heavy atom. The van der Waals surface area contributed by atoms with Gasteiger partial charge in [0.05, 0.1) is 10.6 Å². The van der Waals surface area contributed by atoms with Crippen LogP contribution in [-0.4, -0.2) is 5.11 Å². The van der Waals surface area contributed by atoms with Gasteiger partial charge in [-0.3, -0.25) is 0 Å². The molecule has 0 aliphatic heterocycles. The van der Waals surface area contributed by atoms with Gasteiger partial charge in [0, 0.05) is 6.42 Å². The minimum absolute atomic E-state index is 0.301. The predicted octanol–water partition coefficient (Wildman–Crippen LogP) is 4.48. The number of halogens is 2. The van der Waals surface area contributed by atoms with Crippen LogP contribution < -0.4 is 0 Å². The summed E-state index contributed by atoms with van der Waals surface area (Å²) in [5, 5.41) is 10.3. The van der Waals surface area contributed by atoms with Gasteiger partial charge in [-0.05, 0) is 58.1 Å². The Morgan fingerprint density at radius 1 is 1.16 bits per heavy atom. The standard InChI is InChI=1S/C16H16BrFO/c1-10-6-7-12(8-11(10)2)15(19)9-13-4-3-5-14(18)16(13)17/h3-8,15,19H,9H2,1-2H3. The van der Waals surface area contributed by atoms with E-state index in [0.29, 0.717) is 10.9 Å². The Hall–Kier alpha value is -1.19. The average Bonchev–Trinajstić information content (AvgIpc) is 2.38. The molecule has 2 aromatic rings. The molecule has 1 N–H and O–H groups in total. The Morgan fingerprint density at radius 3 is 2.58 bits per heavy atom. The maximum atomic E-state index is 13.4. The molecular formula is C16H16BrFO. The zero-order valence-corrected chi connectivity index (χ0v) is 12.5. The van der Waals surface area contributed by atoms with Crippen LogP contribution in [0.15, 0.2) is 40.9 Å². The molecule has 0 bridgehead atoms. The smallest absolute Gasteiger partial charge is 0.137 e. The molecule has 0 saturated heterocycles. The highest BCUT2D eigenvalue weighted by molar-refractivity contribution is 9.10. The van der Waals surface area contributed by atoms with E-state index in [1.807, 2.05) is 38.1 Å². The largest absolute Gasteiger partial charge is 0.388 e. The number of aryl methyl sites for hydroxylation is 2. The molecule has 0 amide bonds. The Labute approximate surface area is 121 Å². The molecule has 19 heavy (non-hydrogen) atoms. The van der Waals surface area contributed by atoms with Crippen LogP contribution in [0.3, 0.4) is 0 Å². The molecule has 0 aliphatic rings. The molecule has 0 aliphatic carbocycles. The number of rotatable bonds is 3. The monoisotopic (exact) mass is 322 g/mol. The van der Waals surface area contributed by atoms with E-state index >= 15 is 0 Å². The Bertz CT molecular complexity index is 595. The molecule has 1 atom stereocenters. The molecule has 0 saturated carbocycles. The third kappa shape index (κ3) is 3.23. The van der Waals surface area contributed by atoms with Gasteiger partial charge in [0.25, 0.3) is 0 Å². The van der Waals surface area contributed by atoms with Crippen LogP contribution in [-0.2, 0) is 6.42 Å². The fourth-order valence-corrected chi connectivity index (χ4v) is 2.43. The third-order valence-corrected chi connectivity index (χ3v) is 4.25. The minimum Gasteiger partial charge on any atom is -0.388 e. The van der Waals surface area contributed by atoms with Crippen LogP contribution in [0.5, 0.6) is 0 Å². The molecule has 2 rings (SSSR count). The van der Waals surface area contributed by atoms with Gasteiger partial charge >= 0.3 is 0 Å². The van der Waals surface area contributed by atoms with Gasteiger partial charge in [-0.25, -0.2) is 4.39 Å². The average molecular weight is 323 g/mol. The van der Waals surface area contributed by atoms with Crippen molar-refractivity contribution in [1.82, 2.24) is 0 Å². The van der Waals surface area contributed by atoms with Crippen LogP contribution in [0.25, 0.3) is 0 Å². The quantitative estimate of drug-likeness (QED) is 0.883. The lowest BCUT2D eigenvalue weighted by Crippen LogP contribution is -2.03. The predicted molar refractivity (Wildman–Crippen MR) is 78.7 cm³/mol. The number of aliphatic hydroxyl groups excluding tert-OH is 1. The molecule has 0 heterocycles. The van der Waals surface area contributed by atoms with Crippen molar-refractivity contribution in [2.75, 3.05) is 0 Å². The molecule has 1 nitrogen and oxygen atoms in total. The minimum atomic E-state index is -0.627. The van der Waals surface area contributed by atoms with Crippen LogP contribution >= 0.6 is 15.9 Å². The van der Waals surface area contributed by atoms with Crippen LogP contribution in [0.4, 0.5) is 4.39 Å². The first-order valence-corrected chi connectivity index (χ1v) is 6.96. The first-order valence-electron chi connectivity index (χ1n) is 6.17. The first-order chi connectivity index (χ1) is 8.99. The Balaban J connectivity index is 2.23. The summed E-state index contributed by atoms with van der Waals surface area (Å²) in [7, 11) is 0. The van der Waals surface area contributed by atoms with Crippen molar-refractivity contribution >= 4 is 15.9 Å². The zero-order chi connectivity index (χ0) is 14.0. The summed E-state index contributed by atoms with van der Waals surface area (Å²) in [6, 6.07) is 10.8. The second kappa shape index (κ2) is 5.85. The van der Waals surface area contributed by atoms with E-state index < -0.39 is 6.10 Å². The SMILES string of the molecule is Cc1ccc(C(O)Cc2cccc(F)c2Br)cc1C. The fourth-order valence-electron chi connectivity index (χ4n) is 2.00. The summed E-state index contributed by atoms with van der Waals surface area (Å²) in [5.74, 6) is -0.301. The van der Waals surface area contributed by atoms with Gasteiger partial charge in [0.2, 0.25) is 0 Å². The van der Waals surface area contributed by atoms with Gasteiger partial charge in [-0.1, -0.05) is 30.3 Å². The number of aliphatic hydroxyl groups is 1. The second-order valence-corrected chi connectivity index (χ2v) is 5.57. The third-order valence-electron chi connectivity index (χ3n) is 3.36. The van der Waals surface area contributed by atoms with Crippen molar-refractivity contribution in [2.24, 2.45) is 0 Å². The van der Waals surface area contributed by atoms with Crippen molar-refractivity contribution in [1.29, 1.82) is 0 Å². The number of hydrogen-bond donors (Lipinski definition) is 1. The second-order valence-electron chi connectivity index (χ2n) is 4.78. The van der Waals surface area contributed by atoms with Crippen molar-refractivity contribution in [3.63, 3.8) is 0 Å². The highest BCUT2D eigenvalue weighted by atomic mass is 79.9. The van der Waals surface area contributed by atoms with Crippen molar-refractivity contribution < 1.29 is 9.50 Å². The van der Waals surface area contributed by atoms with Gasteiger partial charge < -0.3 is 5.11 Å². The van der Waals surface area contributed by atoms with Gasteiger partial charge in [0.15, 0.2) is 0 Å². The van der Waals surface area contributed by atoms with E-state index in [1.54, 1.807) is 6.07 Å². The molecule has 2 aromatic carbocycles. The highest BCUT2D eigenvalue weighted by Crippen LogP contribution is 2.26. The summed E-state index contributed by atoms with van der Waals surface area (Å²) in [5.41, 5.74) is 3.97. The maximum Gasteiger partial charge on any atom is 0.137 e. The molecule has 0 spiro atoms. The Kier molecular flexibility index (Phi) is 4.38. The zero-order valence-electron chi connectivity index (χ0n) is 11.0. The molecule has 100 valence electrons. The lowest BCUT2D eigenvalue weighted by Gasteiger charge is -2.14. The van der Waals surface area contributed by atoms with E-state index in [0.717, 1.165) is 16.7 Å². The summed E-state index contributed by atoms with van der Waals surface area (Å²) in [4.78, 5) is 0. The van der Waals surface area contributed by atoms with Gasteiger partial charge in [-0.15, -0.1) is 0 Å². The van der Waals surface area contributed by atoms with Gasteiger partial charge in [0.1, 0.15) is 5.82 Å². The number of benzene rings is 2. The van der Waals surface area contributed by atoms with Crippen LogP contribution in [0.1, 0.15) is 28.4 Å². The first kappa shape index (κ1) is 14.2. The highest BCUT2D eigenvalue weighted by Gasteiger charge is 2.13. The van der Waals surface area contributed by atoms with E-state index in [2.05, 4.69) is 15.9 Å². The molecule has 3 heteroatoms. The fraction of sp³-hybridized carbons (Fsp3) is 0.250. The summed E-state index contributed by atoms with van der Waals surface area (Å²) < 4.78 is 13.8. The van der Waals surface area contributed by atoms with E-state index in [9.17, 15) is 9.50 Å². The summed E-state index contributed by atoms with van der Waals surface area (Å²) >= 11 is 3.22. The molecule has 0 aromatic heterocycles. The van der Waals surface area contributed by atoms with E-state index in [-0.39, 0.29) is 5.82 Å². The molecule has 1 unspecified atom stereocenters. The van der Waals surface area contributed by atoms with Crippen molar-refractivity contribution in [2.45, 2.75) is 26.4 Å². The number of hydrogen-bond acceptors (Lipinski definition) is 1. The summed E-state index contributed by atoms with van der Waals surface area (Å²) in [6.07, 6.45) is -0.238. The summed E-state index contributed by atoms with van der Waals surface area (Å²) in [6.45, 7) is 4.05. The maximum absolute atomic E-state index is 13.4.